The van der Waals surface area contributed by atoms with E-state index < -0.39 is 0 Å². The molecule has 0 aliphatic rings. The number of fused-ring (bicyclic) bond motifs is 2. The van der Waals surface area contributed by atoms with Gasteiger partial charge in [0.15, 0.2) is 11.5 Å². The fraction of sp³-hybridized carbons (Fsp3) is 0.190. The molecule has 0 aliphatic carbocycles. The number of aryl methyl sites for hydroxylation is 1. The summed E-state index contributed by atoms with van der Waals surface area (Å²) in [7, 11) is 1.80. The van der Waals surface area contributed by atoms with Crippen LogP contribution >= 0.6 is 0 Å². The molecule has 0 fully saturated rings. The first-order valence-corrected chi connectivity index (χ1v) is 8.96. The van der Waals surface area contributed by atoms with Gasteiger partial charge in [0.25, 0.3) is 0 Å². The van der Waals surface area contributed by atoms with E-state index in [1.807, 2.05) is 68.2 Å². The minimum absolute atomic E-state index is 0.749. The number of allylic oxidation sites excluding steroid dienone is 1. The van der Waals surface area contributed by atoms with E-state index in [0.29, 0.717) is 0 Å². The number of anilines is 2. The summed E-state index contributed by atoms with van der Waals surface area (Å²) in [5, 5.41) is 7.13. The number of hydrazine groups is 1. The first-order valence-electron chi connectivity index (χ1n) is 8.96. The molecule has 3 N–H and O–H groups in total. The number of benzene rings is 1. The molecule has 144 valence electrons. The summed E-state index contributed by atoms with van der Waals surface area (Å²) in [6.45, 7) is 6.03. The van der Waals surface area contributed by atoms with Crippen LogP contribution in [-0.2, 0) is 0 Å². The van der Waals surface area contributed by atoms with Gasteiger partial charge in [-0.1, -0.05) is 11.6 Å². The normalized spacial score (nSPS) is 10.3. The third kappa shape index (κ3) is 4.63. The van der Waals surface area contributed by atoms with Crippen molar-refractivity contribution in [2.75, 3.05) is 12.4 Å². The van der Waals surface area contributed by atoms with Crippen LogP contribution in [0.3, 0.4) is 0 Å². The third-order valence-electron chi connectivity index (χ3n) is 3.98. The zero-order valence-electron chi connectivity index (χ0n) is 16.6. The number of imidazole rings is 1. The molecular formula is C21H25N7. The molecule has 7 nitrogen and oxygen atoms in total. The lowest BCUT2D eigenvalue weighted by Crippen LogP contribution is -2.18. The first kappa shape index (κ1) is 19.3. The highest BCUT2D eigenvalue weighted by atomic mass is 15.4. The van der Waals surface area contributed by atoms with Crippen molar-refractivity contribution < 1.29 is 0 Å². The smallest absolute Gasteiger partial charge is 0.180 e. The summed E-state index contributed by atoms with van der Waals surface area (Å²) in [4.78, 5) is 12.9. The Labute approximate surface area is 164 Å². The van der Waals surface area contributed by atoms with E-state index in [4.69, 9.17) is 5.84 Å². The van der Waals surface area contributed by atoms with Gasteiger partial charge < -0.3 is 10.3 Å². The van der Waals surface area contributed by atoms with Crippen molar-refractivity contribution in [2.24, 2.45) is 5.84 Å². The highest BCUT2D eigenvalue weighted by Gasteiger charge is 2.06. The molecule has 0 saturated carbocycles. The van der Waals surface area contributed by atoms with E-state index in [-0.39, 0.29) is 0 Å². The van der Waals surface area contributed by atoms with E-state index in [1.54, 1.807) is 19.4 Å². The highest BCUT2D eigenvalue weighted by Crippen LogP contribution is 2.23. The molecule has 4 aromatic rings. The third-order valence-corrected chi connectivity index (χ3v) is 3.98. The summed E-state index contributed by atoms with van der Waals surface area (Å²) in [5.41, 5.74) is 4.10. The van der Waals surface area contributed by atoms with Gasteiger partial charge in [-0.3, -0.25) is 9.38 Å². The van der Waals surface area contributed by atoms with Gasteiger partial charge >= 0.3 is 0 Å². The van der Waals surface area contributed by atoms with Crippen molar-refractivity contribution in [3.05, 3.63) is 72.7 Å². The maximum absolute atomic E-state index is 5.25. The number of nitrogens with one attached hydrogen (secondary N) is 1. The van der Waals surface area contributed by atoms with Gasteiger partial charge in [0.05, 0.1) is 0 Å². The van der Waals surface area contributed by atoms with Crippen LogP contribution in [0.15, 0.2) is 67.0 Å². The first-order chi connectivity index (χ1) is 13.4. The summed E-state index contributed by atoms with van der Waals surface area (Å²) >= 11 is 0. The van der Waals surface area contributed by atoms with Gasteiger partial charge in [-0.15, -0.1) is 0 Å². The maximum atomic E-state index is 5.25. The van der Waals surface area contributed by atoms with Crippen LogP contribution in [0.1, 0.15) is 19.5 Å². The minimum atomic E-state index is 0.749. The fourth-order valence-electron chi connectivity index (χ4n) is 2.83. The number of hydrogen-bond donors (Lipinski definition) is 2. The van der Waals surface area contributed by atoms with Gasteiger partial charge in [-0.2, -0.15) is 0 Å². The van der Waals surface area contributed by atoms with E-state index in [1.165, 1.54) is 10.6 Å². The summed E-state index contributed by atoms with van der Waals surface area (Å²) in [6.07, 6.45) is 11.0. The lowest BCUT2D eigenvalue weighted by molar-refractivity contribution is 0.480. The largest absolute Gasteiger partial charge is 0.337 e. The van der Waals surface area contributed by atoms with Gasteiger partial charge in [0, 0.05) is 61.0 Å². The molecule has 4 rings (SSSR count). The van der Waals surface area contributed by atoms with E-state index >= 15 is 0 Å². The average molecular weight is 375 g/mol. The Morgan fingerprint density at radius 2 is 1.93 bits per heavy atom. The van der Waals surface area contributed by atoms with Gasteiger partial charge in [-0.05, 0) is 44.4 Å². The van der Waals surface area contributed by atoms with Gasteiger partial charge in [0.2, 0.25) is 0 Å². The second kappa shape index (κ2) is 8.49. The Morgan fingerprint density at radius 3 is 2.64 bits per heavy atom. The van der Waals surface area contributed by atoms with Crippen molar-refractivity contribution in [1.29, 1.82) is 0 Å². The average Bonchev–Trinajstić information content (AvgIpc) is 3.03. The molecule has 3 aromatic heterocycles. The monoisotopic (exact) mass is 375 g/mol. The molecular weight excluding hydrogens is 350 g/mol. The molecule has 7 heteroatoms. The van der Waals surface area contributed by atoms with Gasteiger partial charge in [0.1, 0.15) is 0 Å². The Balaban J connectivity index is 0.000000279. The number of pyridine rings is 1. The number of nitrogens with zero attached hydrogens (tertiary/aromatic N) is 5. The number of rotatable bonds is 3. The zero-order valence-corrected chi connectivity index (χ0v) is 16.6. The standard InChI is InChI=1S/C16H13N5.C5H12N2/c1-11-9-19-16-15(18-6-7-21(11)16)20-14-3-2-13-10-17-5-4-12(13)8-14;1-5(2)4-7(3)6/h2-10H,1H3,(H,18,20);4H,6H2,1-3H3. The molecule has 3 heterocycles. The molecule has 0 atom stereocenters. The molecule has 0 spiro atoms. The molecule has 0 radical (unpaired) electrons. The second-order valence-corrected chi connectivity index (χ2v) is 6.80. The van der Waals surface area contributed by atoms with Crippen molar-refractivity contribution in [2.45, 2.75) is 20.8 Å². The lowest BCUT2D eigenvalue weighted by atomic mass is 10.1. The molecule has 1 aromatic carbocycles. The molecule has 0 unspecified atom stereocenters. The SMILES string of the molecule is CC(C)=CN(C)N.Cc1cnc2c(Nc3ccc4cnccc4c3)nccn12. The van der Waals surface area contributed by atoms with Crippen LogP contribution in [0.25, 0.3) is 16.4 Å². The highest BCUT2D eigenvalue weighted by molar-refractivity contribution is 5.86. The fourth-order valence-corrected chi connectivity index (χ4v) is 2.83. The zero-order chi connectivity index (χ0) is 20.1. The van der Waals surface area contributed by atoms with Crippen molar-refractivity contribution in [3.63, 3.8) is 0 Å². The summed E-state index contributed by atoms with van der Waals surface area (Å²) in [6, 6.07) is 8.14. The number of aromatic nitrogens is 4. The van der Waals surface area contributed by atoms with Crippen molar-refractivity contribution in [3.8, 4) is 0 Å². The van der Waals surface area contributed by atoms with Crippen LogP contribution in [0, 0.1) is 6.92 Å². The van der Waals surface area contributed by atoms with Gasteiger partial charge in [-0.25, -0.2) is 15.8 Å². The maximum Gasteiger partial charge on any atom is 0.180 e. The number of hydrogen-bond acceptors (Lipinski definition) is 6. The molecule has 28 heavy (non-hydrogen) atoms. The molecule has 0 aliphatic heterocycles. The predicted octanol–water partition coefficient (Wildman–Crippen LogP) is 4.05. The predicted molar refractivity (Wildman–Crippen MR) is 114 cm³/mol. The second-order valence-electron chi connectivity index (χ2n) is 6.80. The summed E-state index contributed by atoms with van der Waals surface area (Å²) < 4.78 is 2.01. The van der Waals surface area contributed by atoms with Crippen LogP contribution < -0.4 is 11.2 Å². The lowest BCUT2D eigenvalue weighted by Gasteiger charge is -2.08. The van der Waals surface area contributed by atoms with Crippen LogP contribution in [0.4, 0.5) is 11.5 Å². The number of nitrogens with two attached hydrogens (primary N) is 1. The van der Waals surface area contributed by atoms with Crippen LogP contribution in [0.5, 0.6) is 0 Å². The van der Waals surface area contributed by atoms with E-state index in [9.17, 15) is 0 Å². The van der Waals surface area contributed by atoms with Crippen molar-refractivity contribution in [1.82, 2.24) is 24.4 Å². The molecule has 0 saturated heterocycles. The molecule has 0 amide bonds. The van der Waals surface area contributed by atoms with E-state index in [2.05, 4.69) is 26.3 Å². The summed E-state index contributed by atoms with van der Waals surface area (Å²) in [5.74, 6) is 6.00. The molecule has 0 bridgehead atoms. The minimum Gasteiger partial charge on any atom is -0.337 e. The topological polar surface area (TPSA) is 84.4 Å². The van der Waals surface area contributed by atoms with Crippen LogP contribution in [-0.4, -0.2) is 31.4 Å². The Morgan fingerprint density at radius 1 is 1.11 bits per heavy atom. The van der Waals surface area contributed by atoms with Crippen molar-refractivity contribution >= 4 is 27.9 Å². The Bertz CT molecular complexity index is 1110. The quantitative estimate of drug-likeness (QED) is 0.415. The van der Waals surface area contributed by atoms with E-state index in [0.717, 1.165) is 33.6 Å². The van der Waals surface area contributed by atoms with Crippen LogP contribution in [0.2, 0.25) is 0 Å². The Kier molecular flexibility index (Phi) is 5.86. The Hall–Kier alpha value is -3.45.